The fourth-order valence-electron chi connectivity index (χ4n) is 1.21. The van der Waals surface area contributed by atoms with E-state index in [9.17, 15) is 0 Å². The molecule has 0 aliphatic rings. The Kier molecular flexibility index (Phi) is 4.15. The maximum atomic E-state index is 4.40. The van der Waals surface area contributed by atoms with Crippen LogP contribution in [0.3, 0.4) is 0 Å². The quantitative estimate of drug-likeness (QED) is 0.786. The van der Waals surface area contributed by atoms with E-state index in [-0.39, 0.29) is 0 Å². The van der Waals surface area contributed by atoms with Crippen LogP contribution < -0.4 is 5.32 Å². The van der Waals surface area contributed by atoms with Crippen LogP contribution in [0.25, 0.3) is 0 Å². The van der Waals surface area contributed by atoms with Gasteiger partial charge in [0.1, 0.15) is 0 Å². The van der Waals surface area contributed by atoms with Gasteiger partial charge in [-0.3, -0.25) is 0 Å². The Labute approximate surface area is 83.9 Å². The standard InChI is InChI=1S/C9H17N3S/c1-4-10-9-11-8(2)7-12(9)5-6-13-3/h7H,4-6H2,1-3H3,(H,10,11). The molecular weight excluding hydrogens is 182 g/mol. The summed E-state index contributed by atoms with van der Waals surface area (Å²) in [6.07, 6.45) is 4.21. The van der Waals surface area contributed by atoms with Crippen molar-refractivity contribution in [1.29, 1.82) is 0 Å². The number of nitrogens with zero attached hydrogens (tertiary/aromatic N) is 2. The normalized spacial score (nSPS) is 10.4. The monoisotopic (exact) mass is 199 g/mol. The van der Waals surface area contributed by atoms with Gasteiger partial charge in [0.15, 0.2) is 0 Å². The fourth-order valence-corrected chi connectivity index (χ4v) is 1.59. The highest BCUT2D eigenvalue weighted by molar-refractivity contribution is 7.98. The number of imidazole rings is 1. The lowest BCUT2D eigenvalue weighted by Crippen LogP contribution is -2.07. The summed E-state index contributed by atoms with van der Waals surface area (Å²) in [5, 5.41) is 3.25. The molecule has 0 spiro atoms. The van der Waals surface area contributed by atoms with Crippen LogP contribution in [-0.4, -0.2) is 28.1 Å². The van der Waals surface area contributed by atoms with Crippen molar-refractivity contribution >= 4 is 17.7 Å². The first-order valence-corrected chi connectivity index (χ1v) is 5.94. The minimum Gasteiger partial charge on any atom is -0.356 e. The number of aromatic nitrogens is 2. The second-order valence-corrected chi connectivity index (χ2v) is 3.91. The summed E-state index contributed by atoms with van der Waals surface area (Å²) in [6, 6.07) is 0. The van der Waals surface area contributed by atoms with Gasteiger partial charge in [-0.25, -0.2) is 4.98 Å². The predicted molar refractivity (Wildman–Crippen MR) is 59.5 cm³/mol. The molecule has 0 fully saturated rings. The molecule has 0 aliphatic carbocycles. The van der Waals surface area contributed by atoms with Gasteiger partial charge in [0.05, 0.1) is 5.69 Å². The molecule has 0 aliphatic heterocycles. The molecule has 0 amide bonds. The Hall–Kier alpha value is -0.640. The molecule has 1 heterocycles. The molecule has 13 heavy (non-hydrogen) atoms. The van der Waals surface area contributed by atoms with Crippen LogP contribution in [0.1, 0.15) is 12.6 Å². The highest BCUT2D eigenvalue weighted by Crippen LogP contribution is 2.09. The molecule has 1 N–H and O–H groups in total. The lowest BCUT2D eigenvalue weighted by Gasteiger charge is -2.06. The van der Waals surface area contributed by atoms with Gasteiger partial charge in [0.25, 0.3) is 0 Å². The minimum atomic E-state index is 0.926. The van der Waals surface area contributed by atoms with E-state index in [0.717, 1.165) is 30.5 Å². The van der Waals surface area contributed by atoms with E-state index >= 15 is 0 Å². The van der Waals surface area contributed by atoms with E-state index in [4.69, 9.17) is 0 Å². The molecule has 0 atom stereocenters. The molecule has 0 bridgehead atoms. The zero-order chi connectivity index (χ0) is 9.68. The highest BCUT2D eigenvalue weighted by Gasteiger charge is 2.02. The van der Waals surface area contributed by atoms with E-state index in [1.54, 1.807) is 0 Å². The maximum absolute atomic E-state index is 4.40. The van der Waals surface area contributed by atoms with Gasteiger partial charge in [-0.2, -0.15) is 11.8 Å². The van der Waals surface area contributed by atoms with Crippen LogP contribution in [0.15, 0.2) is 6.20 Å². The summed E-state index contributed by atoms with van der Waals surface area (Å²) in [5.74, 6) is 2.13. The van der Waals surface area contributed by atoms with Crippen LogP contribution in [0.4, 0.5) is 5.95 Å². The van der Waals surface area contributed by atoms with Crippen LogP contribution in [-0.2, 0) is 6.54 Å². The Morgan fingerprint density at radius 2 is 2.38 bits per heavy atom. The molecule has 1 rings (SSSR count). The predicted octanol–water partition coefficient (Wildman–Crippen LogP) is 1.99. The van der Waals surface area contributed by atoms with Gasteiger partial charge in [-0.1, -0.05) is 0 Å². The number of anilines is 1. The van der Waals surface area contributed by atoms with E-state index in [0.29, 0.717) is 0 Å². The van der Waals surface area contributed by atoms with E-state index in [1.807, 2.05) is 18.7 Å². The Bertz CT molecular complexity index is 257. The zero-order valence-corrected chi connectivity index (χ0v) is 9.32. The van der Waals surface area contributed by atoms with Crippen molar-refractivity contribution in [2.24, 2.45) is 0 Å². The Balaban J connectivity index is 2.66. The zero-order valence-electron chi connectivity index (χ0n) is 8.50. The third-order valence-corrected chi connectivity index (χ3v) is 2.36. The van der Waals surface area contributed by atoms with Crippen molar-refractivity contribution in [2.75, 3.05) is 23.9 Å². The average Bonchev–Trinajstić information content (AvgIpc) is 2.44. The Morgan fingerprint density at radius 1 is 1.62 bits per heavy atom. The third-order valence-electron chi connectivity index (χ3n) is 1.77. The first kappa shape index (κ1) is 10.4. The maximum Gasteiger partial charge on any atom is 0.203 e. The SMILES string of the molecule is CCNc1nc(C)cn1CCSC. The largest absolute Gasteiger partial charge is 0.356 e. The van der Waals surface area contributed by atoms with Gasteiger partial charge in [0, 0.05) is 25.0 Å². The molecule has 0 saturated carbocycles. The van der Waals surface area contributed by atoms with Crippen LogP contribution in [0.2, 0.25) is 0 Å². The second-order valence-electron chi connectivity index (χ2n) is 2.92. The minimum absolute atomic E-state index is 0.926. The van der Waals surface area contributed by atoms with Crippen molar-refractivity contribution < 1.29 is 0 Å². The molecule has 4 heteroatoms. The van der Waals surface area contributed by atoms with Gasteiger partial charge < -0.3 is 9.88 Å². The summed E-state index contributed by atoms with van der Waals surface area (Å²) < 4.78 is 2.18. The van der Waals surface area contributed by atoms with Crippen molar-refractivity contribution in [2.45, 2.75) is 20.4 Å². The van der Waals surface area contributed by atoms with Crippen LogP contribution in [0.5, 0.6) is 0 Å². The third kappa shape index (κ3) is 2.95. The summed E-state index contributed by atoms with van der Waals surface area (Å²) in [5.41, 5.74) is 1.08. The van der Waals surface area contributed by atoms with Gasteiger partial charge in [-0.15, -0.1) is 0 Å². The molecule has 1 aromatic rings. The van der Waals surface area contributed by atoms with Crippen molar-refractivity contribution in [3.05, 3.63) is 11.9 Å². The lowest BCUT2D eigenvalue weighted by atomic mass is 10.6. The van der Waals surface area contributed by atoms with Crippen LogP contribution in [0, 0.1) is 6.92 Å². The molecule has 1 aromatic heterocycles. The van der Waals surface area contributed by atoms with Gasteiger partial charge in [-0.05, 0) is 20.1 Å². The van der Waals surface area contributed by atoms with Crippen molar-refractivity contribution in [3.8, 4) is 0 Å². The first-order chi connectivity index (χ1) is 6.27. The summed E-state index contributed by atoms with van der Waals surface area (Å²) >= 11 is 1.86. The fraction of sp³-hybridized carbons (Fsp3) is 0.667. The number of nitrogens with one attached hydrogen (secondary N) is 1. The van der Waals surface area contributed by atoms with Crippen molar-refractivity contribution in [1.82, 2.24) is 9.55 Å². The highest BCUT2D eigenvalue weighted by atomic mass is 32.2. The van der Waals surface area contributed by atoms with E-state index in [1.165, 1.54) is 0 Å². The number of hydrogen-bond acceptors (Lipinski definition) is 3. The molecule has 0 unspecified atom stereocenters. The lowest BCUT2D eigenvalue weighted by molar-refractivity contribution is 0.774. The summed E-state index contributed by atoms with van der Waals surface area (Å²) in [7, 11) is 0. The number of rotatable bonds is 5. The van der Waals surface area contributed by atoms with E-state index < -0.39 is 0 Å². The molecule has 3 nitrogen and oxygen atoms in total. The Morgan fingerprint density at radius 3 is 3.00 bits per heavy atom. The van der Waals surface area contributed by atoms with Crippen LogP contribution >= 0.6 is 11.8 Å². The smallest absolute Gasteiger partial charge is 0.203 e. The topological polar surface area (TPSA) is 29.9 Å². The summed E-state index contributed by atoms with van der Waals surface area (Å²) in [4.78, 5) is 4.40. The molecule has 0 aromatic carbocycles. The average molecular weight is 199 g/mol. The molecule has 0 radical (unpaired) electrons. The summed E-state index contributed by atoms with van der Waals surface area (Å²) in [6.45, 7) is 6.07. The van der Waals surface area contributed by atoms with Gasteiger partial charge in [0.2, 0.25) is 5.95 Å². The van der Waals surface area contributed by atoms with Crippen molar-refractivity contribution in [3.63, 3.8) is 0 Å². The molecule has 0 saturated heterocycles. The number of hydrogen-bond donors (Lipinski definition) is 1. The van der Waals surface area contributed by atoms with Gasteiger partial charge >= 0.3 is 0 Å². The molecular formula is C9H17N3S. The first-order valence-electron chi connectivity index (χ1n) is 4.54. The number of thioether (sulfide) groups is 1. The molecule has 74 valence electrons. The second kappa shape index (κ2) is 5.17. The van der Waals surface area contributed by atoms with E-state index in [2.05, 4.69) is 34.2 Å². The number of aryl methyl sites for hydroxylation is 2.